The second-order valence-electron chi connectivity index (χ2n) is 3.65. The summed E-state index contributed by atoms with van der Waals surface area (Å²) in [6.07, 6.45) is 0.401. The van der Waals surface area contributed by atoms with Gasteiger partial charge in [-0.1, -0.05) is 24.6 Å². The summed E-state index contributed by atoms with van der Waals surface area (Å²) in [4.78, 5) is 22.8. The maximum absolute atomic E-state index is 11.5. The van der Waals surface area contributed by atoms with Gasteiger partial charge in [0.2, 0.25) is 0 Å². The molecule has 2 N–H and O–H groups in total. The molecule has 0 radical (unpaired) electrons. The summed E-state index contributed by atoms with van der Waals surface area (Å²) in [5, 5.41) is 5.70. The van der Waals surface area contributed by atoms with Gasteiger partial charge in [-0.2, -0.15) is 0 Å². The monoisotopic (exact) mass is 254 g/mol. The Labute approximate surface area is 105 Å². The van der Waals surface area contributed by atoms with Gasteiger partial charge in [0.1, 0.15) is 0 Å². The molecule has 0 fully saturated rings. The Morgan fingerprint density at radius 3 is 2.71 bits per heavy atom. The third-order valence-electron chi connectivity index (χ3n) is 2.26. The molecule has 0 aliphatic carbocycles. The van der Waals surface area contributed by atoms with Crippen molar-refractivity contribution in [1.82, 2.24) is 5.32 Å². The third-order valence-corrected chi connectivity index (χ3v) is 2.50. The second kappa shape index (κ2) is 6.25. The zero-order valence-corrected chi connectivity index (χ0v) is 10.5. The molecule has 4 nitrogen and oxygen atoms in total. The van der Waals surface area contributed by atoms with E-state index in [0.717, 1.165) is 0 Å². The van der Waals surface area contributed by atoms with E-state index < -0.39 is 12.1 Å². The summed E-state index contributed by atoms with van der Waals surface area (Å²) in [5.41, 5.74) is 0.589. The van der Waals surface area contributed by atoms with Crippen LogP contribution in [0, 0.1) is 0 Å². The maximum atomic E-state index is 11.5. The van der Waals surface area contributed by atoms with Gasteiger partial charge in [-0.3, -0.25) is 4.79 Å². The molecule has 0 spiro atoms. The van der Waals surface area contributed by atoms with Crippen LogP contribution in [0.2, 0.25) is 5.02 Å². The van der Waals surface area contributed by atoms with Crippen LogP contribution in [0.3, 0.4) is 0 Å². The molecule has 0 aromatic heterocycles. The molecule has 2 amide bonds. The van der Waals surface area contributed by atoms with Gasteiger partial charge in [0.15, 0.2) is 5.78 Å². The summed E-state index contributed by atoms with van der Waals surface area (Å²) in [6.45, 7) is 3.42. The molecule has 0 aliphatic heterocycles. The molecule has 0 saturated heterocycles. The van der Waals surface area contributed by atoms with E-state index in [9.17, 15) is 9.59 Å². The summed E-state index contributed by atoms with van der Waals surface area (Å²) < 4.78 is 0. The number of amides is 2. The van der Waals surface area contributed by atoms with E-state index in [-0.39, 0.29) is 5.78 Å². The van der Waals surface area contributed by atoms with Crippen LogP contribution in [0.5, 0.6) is 0 Å². The molecule has 1 aromatic rings. The highest BCUT2D eigenvalue weighted by atomic mass is 35.5. The lowest BCUT2D eigenvalue weighted by atomic mass is 10.2. The number of urea groups is 1. The predicted molar refractivity (Wildman–Crippen MR) is 68.4 cm³/mol. The van der Waals surface area contributed by atoms with Crippen molar-refractivity contribution in [2.75, 3.05) is 5.32 Å². The number of benzene rings is 1. The maximum Gasteiger partial charge on any atom is 0.319 e. The Balaban J connectivity index is 2.53. The highest BCUT2D eigenvalue weighted by Crippen LogP contribution is 2.14. The number of nitrogens with one attached hydrogen (secondary N) is 2. The molecule has 1 rings (SSSR count). The number of anilines is 1. The number of Topliss-reactive ketones (excluding diaryl/α,β-unsaturated/α-hetero) is 1. The van der Waals surface area contributed by atoms with Crippen molar-refractivity contribution in [3.05, 3.63) is 29.3 Å². The van der Waals surface area contributed by atoms with Gasteiger partial charge in [0, 0.05) is 17.1 Å². The summed E-state index contributed by atoms with van der Waals surface area (Å²) in [5.74, 6) is -0.00811. The molecule has 17 heavy (non-hydrogen) atoms. The van der Waals surface area contributed by atoms with Gasteiger partial charge < -0.3 is 10.6 Å². The fraction of sp³-hybridized carbons (Fsp3) is 0.333. The van der Waals surface area contributed by atoms with Crippen molar-refractivity contribution in [1.29, 1.82) is 0 Å². The van der Waals surface area contributed by atoms with Crippen LogP contribution >= 0.6 is 11.6 Å². The zero-order valence-electron chi connectivity index (χ0n) is 9.79. The smallest absolute Gasteiger partial charge is 0.319 e. The van der Waals surface area contributed by atoms with Crippen molar-refractivity contribution in [2.45, 2.75) is 26.3 Å². The molecule has 1 aromatic carbocycles. The van der Waals surface area contributed by atoms with E-state index >= 15 is 0 Å². The first-order valence-electron chi connectivity index (χ1n) is 5.38. The standard InChI is InChI=1S/C12H15ClN2O2/c1-3-11(16)8(2)14-12(17)15-10-6-4-5-9(13)7-10/h4-8H,3H2,1-2H3,(H2,14,15,17). The van der Waals surface area contributed by atoms with Gasteiger partial charge in [0.25, 0.3) is 0 Å². The predicted octanol–water partition coefficient (Wildman–Crippen LogP) is 2.83. The Morgan fingerprint density at radius 2 is 2.12 bits per heavy atom. The lowest BCUT2D eigenvalue weighted by Gasteiger charge is -2.12. The lowest BCUT2D eigenvalue weighted by Crippen LogP contribution is -2.40. The fourth-order valence-corrected chi connectivity index (χ4v) is 1.51. The molecule has 0 aliphatic rings. The number of hydrogen-bond acceptors (Lipinski definition) is 2. The topological polar surface area (TPSA) is 58.2 Å². The van der Waals surface area contributed by atoms with E-state index in [0.29, 0.717) is 17.1 Å². The van der Waals surface area contributed by atoms with Crippen molar-refractivity contribution in [2.24, 2.45) is 0 Å². The number of ketones is 1. The molecule has 1 atom stereocenters. The fourth-order valence-electron chi connectivity index (χ4n) is 1.32. The lowest BCUT2D eigenvalue weighted by molar-refractivity contribution is -0.120. The summed E-state index contributed by atoms with van der Waals surface area (Å²) in [7, 11) is 0. The Hall–Kier alpha value is -1.55. The van der Waals surface area contributed by atoms with Crippen LogP contribution in [0.25, 0.3) is 0 Å². The van der Waals surface area contributed by atoms with E-state index in [1.165, 1.54) is 0 Å². The van der Waals surface area contributed by atoms with Crippen molar-refractivity contribution < 1.29 is 9.59 Å². The largest absolute Gasteiger partial charge is 0.328 e. The van der Waals surface area contributed by atoms with E-state index in [2.05, 4.69) is 10.6 Å². The first kappa shape index (κ1) is 13.5. The molecule has 0 bridgehead atoms. The Morgan fingerprint density at radius 1 is 1.41 bits per heavy atom. The average molecular weight is 255 g/mol. The van der Waals surface area contributed by atoms with Crippen LogP contribution < -0.4 is 10.6 Å². The van der Waals surface area contributed by atoms with Crippen LogP contribution in [0.15, 0.2) is 24.3 Å². The van der Waals surface area contributed by atoms with Crippen LogP contribution in [0.1, 0.15) is 20.3 Å². The molecule has 1 unspecified atom stereocenters. The molecule has 5 heteroatoms. The molecule has 0 heterocycles. The third kappa shape index (κ3) is 4.44. The molecular weight excluding hydrogens is 240 g/mol. The summed E-state index contributed by atoms with van der Waals surface area (Å²) >= 11 is 5.78. The quantitative estimate of drug-likeness (QED) is 0.868. The minimum atomic E-state index is -0.487. The van der Waals surface area contributed by atoms with E-state index in [1.807, 2.05) is 0 Å². The second-order valence-corrected chi connectivity index (χ2v) is 4.09. The van der Waals surface area contributed by atoms with Crippen LogP contribution in [-0.2, 0) is 4.79 Å². The summed E-state index contributed by atoms with van der Waals surface area (Å²) in [6, 6.07) is 5.90. The Bertz CT molecular complexity index is 421. The number of hydrogen-bond donors (Lipinski definition) is 2. The molecule has 0 saturated carbocycles. The minimum absolute atomic E-state index is 0.00811. The Kier molecular flexibility index (Phi) is 4.97. The van der Waals surface area contributed by atoms with Crippen molar-refractivity contribution in [3.63, 3.8) is 0 Å². The van der Waals surface area contributed by atoms with Gasteiger partial charge in [-0.05, 0) is 25.1 Å². The number of rotatable bonds is 4. The number of carbonyl (C=O) groups excluding carboxylic acids is 2. The van der Waals surface area contributed by atoms with Gasteiger partial charge >= 0.3 is 6.03 Å². The first-order valence-corrected chi connectivity index (χ1v) is 5.76. The van der Waals surface area contributed by atoms with Gasteiger partial charge in [-0.25, -0.2) is 4.79 Å². The van der Waals surface area contributed by atoms with Gasteiger partial charge in [0.05, 0.1) is 6.04 Å². The number of halogens is 1. The normalized spacial score (nSPS) is 11.7. The van der Waals surface area contributed by atoms with E-state index in [1.54, 1.807) is 38.1 Å². The van der Waals surface area contributed by atoms with Gasteiger partial charge in [-0.15, -0.1) is 0 Å². The SMILES string of the molecule is CCC(=O)C(C)NC(=O)Nc1cccc(Cl)c1. The van der Waals surface area contributed by atoms with Crippen molar-refractivity contribution >= 4 is 29.1 Å². The average Bonchev–Trinajstić information content (AvgIpc) is 2.27. The van der Waals surface area contributed by atoms with E-state index in [4.69, 9.17) is 11.6 Å². The highest BCUT2D eigenvalue weighted by Gasteiger charge is 2.13. The zero-order chi connectivity index (χ0) is 12.8. The van der Waals surface area contributed by atoms with Crippen LogP contribution in [-0.4, -0.2) is 17.9 Å². The first-order chi connectivity index (χ1) is 8.02. The van der Waals surface area contributed by atoms with Crippen LogP contribution in [0.4, 0.5) is 10.5 Å². The molecular formula is C12H15ClN2O2. The highest BCUT2D eigenvalue weighted by molar-refractivity contribution is 6.30. The van der Waals surface area contributed by atoms with Crippen molar-refractivity contribution in [3.8, 4) is 0 Å². The minimum Gasteiger partial charge on any atom is -0.328 e. The number of carbonyl (C=O) groups is 2. The molecule has 92 valence electrons.